The largest absolute Gasteiger partial charge is 0.464 e. The topological polar surface area (TPSA) is 66.3 Å². The number of aryl methyl sites for hydroxylation is 2. The first-order valence-electron chi connectivity index (χ1n) is 5.48. The monoisotopic (exact) mass is 243 g/mol. The first kappa shape index (κ1) is 12.0. The fourth-order valence-electron chi connectivity index (χ4n) is 1.70. The average Bonchev–Trinajstić information content (AvgIpc) is 2.28. The Morgan fingerprint density at radius 1 is 1.11 bits per heavy atom. The van der Waals surface area contributed by atoms with Crippen LogP contribution in [0.4, 0.5) is 16.4 Å². The Hall–Kier alpha value is -2.43. The van der Waals surface area contributed by atoms with E-state index in [0.29, 0.717) is 5.69 Å². The van der Waals surface area contributed by atoms with Gasteiger partial charge in [0.2, 0.25) is 5.95 Å². The predicted molar refractivity (Wildman–Crippen MR) is 68.1 cm³/mol. The Balaban J connectivity index is 2.52. The van der Waals surface area contributed by atoms with Crippen molar-refractivity contribution in [3.63, 3.8) is 0 Å². The molecule has 0 saturated heterocycles. The Morgan fingerprint density at radius 3 is 2.17 bits per heavy atom. The van der Waals surface area contributed by atoms with Crippen LogP contribution in [-0.4, -0.2) is 21.2 Å². The maximum atomic E-state index is 11.4. The summed E-state index contributed by atoms with van der Waals surface area (Å²) in [4.78, 5) is 20.8. The lowest BCUT2D eigenvalue weighted by Gasteiger charge is -2.17. The summed E-state index contributed by atoms with van der Waals surface area (Å²) < 4.78 is 0. The number of aromatic nitrogens is 2. The number of amides is 1. The molecule has 2 rings (SSSR count). The molecule has 1 aromatic carbocycles. The smallest absolute Gasteiger partial charge is 0.418 e. The zero-order valence-corrected chi connectivity index (χ0v) is 10.2. The number of hydrogen-bond donors (Lipinski definition) is 1. The zero-order chi connectivity index (χ0) is 13.1. The third-order valence-corrected chi connectivity index (χ3v) is 2.38. The lowest BCUT2D eigenvalue weighted by molar-refractivity contribution is 0.204. The number of para-hydroxylation sites is 1. The minimum atomic E-state index is -1.11. The summed E-state index contributed by atoms with van der Waals surface area (Å²) in [6, 6.07) is 10.6. The molecule has 0 bridgehead atoms. The number of nitrogens with zero attached hydrogens (tertiary/aromatic N) is 3. The SMILES string of the molecule is Cc1cc(C)nc(N(C(=O)O)c2ccccc2)n1. The van der Waals surface area contributed by atoms with E-state index < -0.39 is 6.09 Å². The second-order valence-electron chi connectivity index (χ2n) is 3.90. The number of anilines is 2. The minimum absolute atomic E-state index is 0.172. The molecule has 1 heterocycles. The van der Waals surface area contributed by atoms with Gasteiger partial charge in [0, 0.05) is 11.4 Å². The summed E-state index contributed by atoms with van der Waals surface area (Å²) in [7, 11) is 0. The van der Waals surface area contributed by atoms with Gasteiger partial charge >= 0.3 is 6.09 Å². The van der Waals surface area contributed by atoms with E-state index in [-0.39, 0.29) is 5.95 Å². The van der Waals surface area contributed by atoms with Gasteiger partial charge in [0.15, 0.2) is 0 Å². The van der Waals surface area contributed by atoms with Crippen LogP contribution >= 0.6 is 0 Å². The van der Waals surface area contributed by atoms with E-state index in [2.05, 4.69) is 9.97 Å². The van der Waals surface area contributed by atoms with E-state index in [1.54, 1.807) is 30.3 Å². The van der Waals surface area contributed by atoms with Crippen molar-refractivity contribution in [3.8, 4) is 0 Å². The zero-order valence-electron chi connectivity index (χ0n) is 10.2. The summed E-state index contributed by atoms with van der Waals surface area (Å²) >= 11 is 0. The highest BCUT2D eigenvalue weighted by Gasteiger charge is 2.19. The van der Waals surface area contributed by atoms with Crippen LogP contribution in [0.25, 0.3) is 0 Å². The van der Waals surface area contributed by atoms with E-state index in [0.717, 1.165) is 16.3 Å². The molecule has 0 saturated carbocycles. The van der Waals surface area contributed by atoms with Crippen molar-refractivity contribution < 1.29 is 9.90 Å². The minimum Gasteiger partial charge on any atom is -0.464 e. The Labute approximate surface area is 105 Å². The number of carboxylic acid groups (broad SMARTS) is 1. The normalized spacial score (nSPS) is 10.1. The molecule has 0 radical (unpaired) electrons. The van der Waals surface area contributed by atoms with Crippen LogP contribution in [0.15, 0.2) is 36.4 Å². The summed E-state index contributed by atoms with van der Waals surface area (Å²) in [6.45, 7) is 3.62. The van der Waals surface area contributed by atoms with Crippen molar-refractivity contribution in [2.75, 3.05) is 4.90 Å². The van der Waals surface area contributed by atoms with Crippen LogP contribution in [0.3, 0.4) is 0 Å². The first-order valence-corrected chi connectivity index (χ1v) is 5.48. The molecule has 0 atom stereocenters. The summed E-state index contributed by atoms with van der Waals surface area (Å²) in [5.74, 6) is 0.172. The number of hydrogen-bond acceptors (Lipinski definition) is 3. The number of rotatable bonds is 2. The van der Waals surface area contributed by atoms with Gasteiger partial charge in [-0.3, -0.25) is 0 Å². The Bertz CT molecular complexity index is 549. The van der Waals surface area contributed by atoms with Crippen LogP contribution in [-0.2, 0) is 0 Å². The number of carbonyl (C=O) groups is 1. The van der Waals surface area contributed by atoms with Crippen LogP contribution in [0.1, 0.15) is 11.4 Å². The van der Waals surface area contributed by atoms with Crippen LogP contribution in [0, 0.1) is 13.8 Å². The van der Waals surface area contributed by atoms with Crippen molar-refractivity contribution in [1.29, 1.82) is 0 Å². The van der Waals surface area contributed by atoms with E-state index in [9.17, 15) is 9.90 Å². The molecule has 0 aliphatic heterocycles. The molecular formula is C13H13N3O2. The molecule has 5 nitrogen and oxygen atoms in total. The molecule has 0 aliphatic rings. The summed E-state index contributed by atoms with van der Waals surface area (Å²) in [5.41, 5.74) is 1.99. The quantitative estimate of drug-likeness (QED) is 0.880. The molecule has 18 heavy (non-hydrogen) atoms. The van der Waals surface area contributed by atoms with E-state index in [1.165, 1.54) is 0 Å². The van der Waals surface area contributed by atoms with Gasteiger partial charge in [-0.2, -0.15) is 0 Å². The number of benzene rings is 1. The lowest BCUT2D eigenvalue weighted by Crippen LogP contribution is -2.26. The molecule has 1 amide bonds. The Morgan fingerprint density at radius 2 is 1.67 bits per heavy atom. The third-order valence-electron chi connectivity index (χ3n) is 2.38. The second-order valence-corrected chi connectivity index (χ2v) is 3.90. The van der Waals surface area contributed by atoms with Gasteiger partial charge in [0.1, 0.15) is 0 Å². The molecule has 5 heteroatoms. The van der Waals surface area contributed by atoms with Gasteiger partial charge in [0.05, 0.1) is 5.69 Å². The average molecular weight is 243 g/mol. The van der Waals surface area contributed by atoms with Crippen molar-refractivity contribution in [1.82, 2.24) is 9.97 Å². The molecule has 0 spiro atoms. The molecule has 2 aromatic rings. The van der Waals surface area contributed by atoms with Gasteiger partial charge in [-0.1, -0.05) is 18.2 Å². The highest BCUT2D eigenvalue weighted by molar-refractivity contribution is 5.92. The molecule has 0 fully saturated rings. The van der Waals surface area contributed by atoms with Crippen LogP contribution in [0.2, 0.25) is 0 Å². The molecule has 1 aromatic heterocycles. The Kier molecular flexibility index (Phi) is 3.23. The fourth-order valence-corrected chi connectivity index (χ4v) is 1.70. The van der Waals surface area contributed by atoms with Gasteiger partial charge in [0.25, 0.3) is 0 Å². The van der Waals surface area contributed by atoms with Crippen LogP contribution < -0.4 is 4.90 Å². The van der Waals surface area contributed by atoms with E-state index in [4.69, 9.17) is 0 Å². The van der Waals surface area contributed by atoms with Gasteiger partial charge < -0.3 is 5.11 Å². The third kappa shape index (κ3) is 2.45. The summed E-state index contributed by atoms with van der Waals surface area (Å²) in [6.07, 6.45) is -1.11. The molecule has 1 N–H and O–H groups in total. The fraction of sp³-hybridized carbons (Fsp3) is 0.154. The van der Waals surface area contributed by atoms with Crippen molar-refractivity contribution >= 4 is 17.7 Å². The predicted octanol–water partition coefficient (Wildman–Crippen LogP) is 2.91. The first-order chi connectivity index (χ1) is 8.58. The van der Waals surface area contributed by atoms with E-state index >= 15 is 0 Å². The van der Waals surface area contributed by atoms with Crippen LogP contribution in [0.5, 0.6) is 0 Å². The van der Waals surface area contributed by atoms with Crippen molar-refractivity contribution in [3.05, 3.63) is 47.8 Å². The van der Waals surface area contributed by atoms with Gasteiger partial charge in [-0.25, -0.2) is 19.7 Å². The maximum Gasteiger partial charge on any atom is 0.418 e. The maximum absolute atomic E-state index is 11.4. The standard InChI is InChI=1S/C13H13N3O2/c1-9-8-10(2)15-12(14-9)16(13(17)18)11-6-4-3-5-7-11/h3-8H,1-2H3,(H,17,18). The van der Waals surface area contributed by atoms with Gasteiger partial charge in [-0.05, 0) is 32.0 Å². The molecule has 0 unspecified atom stereocenters. The lowest BCUT2D eigenvalue weighted by atomic mass is 10.3. The van der Waals surface area contributed by atoms with Crippen molar-refractivity contribution in [2.24, 2.45) is 0 Å². The molecule has 92 valence electrons. The second kappa shape index (κ2) is 4.83. The highest BCUT2D eigenvalue weighted by atomic mass is 16.4. The van der Waals surface area contributed by atoms with Crippen molar-refractivity contribution in [2.45, 2.75) is 13.8 Å². The molecular weight excluding hydrogens is 230 g/mol. The summed E-state index contributed by atoms with van der Waals surface area (Å²) in [5, 5.41) is 9.31. The van der Waals surface area contributed by atoms with Gasteiger partial charge in [-0.15, -0.1) is 0 Å². The highest BCUT2D eigenvalue weighted by Crippen LogP contribution is 2.22. The van der Waals surface area contributed by atoms with E-state index in [1.807, 2.05) is 19.9 Å². The molecule has 0 aliphatic carbocycles.